The molecule has 0 radical (unpaired) electrons. The van der Waals surface area contributed by atoms with E-state index in [2.05, 4.69) is 12.6 Å². The fourth-order valence-electron chi connectivity index (χ4n) is 1.03. The summed E-state index contributed by atoms with van der Waals surface area (Å²) in [5, 5.41) is 0.795. The molecule has 1 aromatic rings. The van der Waals surface area contributed by atoms with Gasteiger partial charge in [-0.2, -0.15) is 0 Å². The highest BCUT2D eigenvalue weighted by Gasteiger charge is 2.11. The molecule has 0 aromatic heterocycles. The summed E-state index contributed by atoms with van der Waals surface area (Å²) in [5.74, 6) is 1.94. The number of rotatable bonds is 0. The smallest absolute Gasteiger partial charge is 0.153 e. The van der Waals surface area contributed by atoms with Crippen LogP contribution in [0.2, 0.25) is 0 Å². The number of ether oxygens (including phenoxy) is 1. The van der Waals surface area contributed by atoms with Crippen LogP contribution in [0.1, 0.15) is 5.56 Å². The van der Waals surface area contributed by atoms with E-state index in [0.29, 0.717) is 0 Å². The lowest BCUT2D eigenvalue weighted by Crippen LogP contribution is -1.99. The molecule has 0 saturated carbocycles. The van der Waals surface area contributed by atoms with Gasteiger partial charge in [0.05, 0.1) is 0 Å². The zero-order valence-corrected chi connectivity index (χ0v) is 6.86. The highest BCUT2D eigenvalue weighted by Crippen LogP contribution is 2.34. The molecule has 1 aliphatic rings. The molecule has 1 aliphatic heterocycles. The Morgan fingerprint density at radius 3 is 3.09 bits per heavy atom. The van der Waals surface area contributed by atoms with Crippen molar-refractivity contribution in [3.63, 3.8) is 0 Å². The fraction of sp³-hybridized carbons (Fsp3) is 0.111. The van der Waals surface area contributed by atoms with E-state index in [0.717, 1.165) is 16.6 Å². The SMILES string of the molecule is C=C1Oc2ccccc2CS1. The minimum Gasteiger partial charge on any atom is -0.451 e. The van der Waals surface area contributed by atoms with E-state index in [4.69, 9.17) is 4.74 Å². The standard InChI is InChI=1S/C9H8OS/c1-7-10-9-5-3-2-4-8(9)6-11-7/h2-5H,1,6H2. The van der Waals surface area contributed by atoms with Gasteiger partial charge in [0.25, 0.3) is 0 Å². The second-order valence-electron chi connectivity index (χ2n) is 2.37. The third-order valence-electron chi connectivity index (χ3n) is 1.59. The average molecular weight is 164 g/mol. The molecule has 2 heteroatoms. The third kappa shape index (κ3) is 1.26. The quantitative estimate of drug-likeness (QED) is 0.583. The van der Waals surface area contributed by atoms with Gasteiger partial charge in [-0.3, -0.25) is 0 Å². The van der Waals surface area contributed by atoms with Crippen LogP contribution in [0.5, 0.6) is 5.75 Å². The number of hydrogen-bond donors (Lipinski definition) is 0. The molecule has 0 fully saturated rings. The normalized spacial score (nSPS) is 15.5. The Balaban J connectivity index is 2.41. The summed E-state index contributed by atoms with van der Waals surface area (Å²) in [4.78, 5) is 0. The molecule has 0 aliphatic carbocycles. The monoisotopic (exact) mass is 164 g/mol. The zero-order chi connectivity index (χ0) is 7.68. The Kier molecular flexibility index (Phi) is 1.62. The van der Waals surface area contributed by atoms with Gasteiger partial charge < -0.3 is 4.74 Å². The van der Waals surface area contributed by atoms with Crippen LogP contribution in [0.4, 0.5) is 0 Å². The lowest BCUT2D eigenvalue weighted by Gasteiger charge is -2.17. The predicted molar refractivity (Wildman–Crippen MR) is 47.5 cm³/mol. The molecule has 0 unspecified atom stereocenters. The van der Waals surface area contributed by atoms with Gasteiger partial charge in [-0.15, -0.1) is 0 Å². The highest BCUT2D eigenvalue weighted by molar-refractivity contribution is 8.02. The van der Waals surface area contributed by atoms with Crippen molar-refractivity contribution in [1.29, 1.82) is 0 Å². The second kappa shape index (κ2) is 2.62. The minimum absolute atomic E-state index is 0.795. The predicted octanol–water partition coefficient (Wildman–Crippen LogP) is 2.78. The first kappa shape index (κ1) is 6.80. The van der Waals surface area contributed by atoms with Crippen molar-refractivity contribution in [3.8, 4) is 5.75 Å². The van der Waals surface area contributed by atoms with Crippen molar-refractivity contribution >= 4 is 11.8 Å². The van der Waals surface area contributed by atoms with Crippen molar-refractivity contribution in [2.45, 2.75) is 5.75 Å². The second-order valence-corrected chi connectivity index (χ2v) is 3.40. The van der Waals surface area contributed by atoms with Gasteiger partial charge in [-0.1, -0.05) is 30.0 Å². The Morgan fingerprint density at radius 2 is 2.18 bits per heavy atom. The number of benzene rings is 1. The van der Waals surface area contributed by atoms with E-state index >= 15 is 0 Å². The molecule has 0 amide bonds. The summed E-state index contributed by atoms with van der Waals surface area (Å²) in [7, 11) is 0. The largest absolute Gasteiger partial charge is 0.451 e. The third-order valence-corrected chi connectivity index (χ3v) is 2.45. The Morgan fingerprint density at radius 1 is 1.36 bits per heavy atom. The van der Waals surface area contributed by atoms with Crippen LogP contribution < -0.4 is 4.74 Å². The maximum Gasteiger partial charge on any atom is 0.153 e. The van der Waals surface area contributed by atoms with Gasteiger partial charge in [-0.05, 0) is 12.6 Å². The molecule has 0 atom stereocenters. The number of thioether (sulfide) groups is 1. The molecule has 1 heterocycles. The summed E-state index contributed by atoms with van der Waals surface area (Å²) in [6.45, 7) is 3.75. The van der Waals surface area contributed by atoms with Crippen LogP contribution >= 0.6 is 11.8 Å². The van der Waals surface area contributed by atoms with Gasteiger partial charge in [0.2, 0.25) is 0 Å². The molecule has 0 N–H and O–H groups in total. The van der Waals surface area contributed by atoms with Gasteiger partial charge >= 0.3 is 0 Å². The van der Waals surface area contributed by atoms with Crippen molar-refractivity contribution in [3.05, 3.63) is 41.5 Å². The summed E-state index contributed by atoms with van der Waals surface area (Å²) in [6, 6.07) is 8.05. The Labute approximate surface area is 70.1 Å². The van der Waals surface area contributed by atoms with E-state index < -0.39 is 0 Å². The summed E-state index contributed by atoms with van der Waals surface area (Å²) < 4.78 is 5.40. The van der Waals surface area contributed by atoms with Crippen LogP contribution in [0.25, 0.3) is 0 Å². The van der Waals surface area contributed by atoms with Gasteiger partial charge in [-0.25, -0.2) is 0 Å². The molecular formula is C9H8OS. The Bertz CT molecular complexity index is 293. The van der Waals surface area contributed by atoms with Crippen LogP contribution in [-0.4, -0.2) is 0 Å². The van der Waals surface area contributed by atoms with E-state index in [9.17, 15) is 0 Å². The van der Waals surface area contributed by atoms with Crippen LogP contribution in [0.15, 0.2) is 35.9 Å². The first-order valence-electron chi connectivity index (χ1n) is 3.44. The maximum absolute atomic E-state index is 5.40. The van der Waals surface area contributed by atoms with Crippen LogP contribution in [0.3, 0.4) is 0 Å². The molecule has 56 valence electrons. The maximum atomic E-state index is 5.40. The van der Waals surface area contributed by atoms with Gasteiger partial charge in [0.15, 0.2) is 5.09 Å². The van der Waals surface area contributed by atoms with Crippen LogP contribution in [-0.2, 0) is 5.75 Å². The van der Waals surface area contributed by atoms with Crippen molar-refractivity contribution < 1.29 is 4.74 Å². The molecule has 11 heavy (non-hydrogen) atoms. The fourth-order valence-corrected chi connectivity index (χ4v) is 1.74. The first-order valence-corrected chi connectivity index (χ1v) is 4.42. The minimum atomic E-state index is 0.795. The molecule has 0 spiro atoms. The highest BCUT2D eigenvalue weighted by atomic mass is 32.2. The molecule has 0 bridgehead atoms. The molecule has 2 rings (SSSR count). The van der Waals surface area contributed by atoms with E-state index in [1.807, 2.05) is 18.2 Å². The van der Waals surface area contributed by atoms with E-state index in [1.54, 1.807) is 11.8 Å². The van der Waals surface area contributed by atoms with Crippen molar-refractivity contribution in [2.24, 2.45) is 0 Å². The van der Waals surface area contributed by atoms with Crippen LogP contribution in [0, 0.1) is 0 Å². The van der Waals surface area contributed by atoms with Crippen molar-refractivity contribution in [2.75, 3.05) is 0 Å². The first-order chi connectivity index (χ1) is 5.36. The summed E-state index contributed by atoms with van der Waals surface area (Å²) in [6.07, 6.45) is 0. The number of hydrogen-bond acceptors (Lipinski definition) is 2. The lowest BCUT2D eigenvalue weighted by molar-refractivity contribution is 0.459. The van der Waals surface area contributed by atoms with Gasteiger partial charge in [0.1, 0.15) is 5.75 Å². The average Bonchev–Trinajstić information content (AvgIpc) is 2.04. The van der Waals surface area contributed by atoms with Gasteiger partial charge in [0, 0.05) is 11.3 Å². The number of para-hydroxylation sites is 1. The van der Waals surface area contributed by atoms with E-state index in [1.165, 1.54) is 5.56 Å². The summed E-state index contributed by atoms with van der Waals surface area (Å²) >= 11 is 1.64. The molecule has 0 saturated heterocycles. The lowest BCUT2D eigenvalue weighted by atomic mass is 10.2. The topological polar surface area (TPSA) is 9.23 Å². The summed E-state index contributed by atoms with van der Waals surface area (Å²) in [5.41, 5.74) is 1.25. The molecular weight excluding hydrogens is 156 g/mol. The van der Waals surface area contributed by atoms with Crippen molar-refractivity contribution in [1.82, 2.24) is 0 Å². The molecule has 1 aromatic carbocycles. The van der Waals surface area contributed by atoms with E-state index in [-0.39, 0.29) is 0 Å². The molecule has 1 nitrogen and oxygen atoms in total. The number of fused-ring (bicyclic) bond motifs is 1. The Hall–Kier alpha value is -0.890. The zero-order valence-electron chi connectivity index (χ0n) is 6.04.